The molecule has 2 atom stereocenters. The van der Waals surface area contributed by atoms with Crippen LogP contribution in [0.25, 0.3) is 0 Å². The molecule has 7 nitrogen and oxygen atoms in total. The fourth-order valence-electron chi connectivity index (χ4n) is 4.29. The van der Waals surface area contributed by atoms with Crippen LogP contribution in [0.3, 0.4) is 0 Å². The average Bonchev–Trinajstić information content (AvgIpc) is 2.97. The molecule has 40 heavy (non-hydrogen) atoms. The molecule has 3 aromatic carbocycles. The second kappa shape index (κ2) is 12.5. The Morgan fingerprint density at radius 2 is 1.85 bits per heavy atom. The minimum atomic E-state index is -0.766. The van der Waals surface area contributed by atoms with Gasteiger partial charge < -0.3 is 14.8 Å². The average molecular weight is 644 g/mol. The van der Waals surface area contributed by atoms with Crippen molar-refractivity contribution in [2.45, 2.75) is 29.3 Å². The number of fused-ring (bicyclic) bond motifs is 1. The second-order valence-corrected chi connectivity index (χ2v) is 12.1. The molecule has 1 fully saturated rings. The van der Waals surface area contributed by atoms with Gasteiger partial charge in [-0.2, -0.15) is 0 Å². The minimum Gasteiger partial charge on any atom is -0.497 e. The van der Waals surface area contributed by atoms with Crippen molar-refractivity contribution in [1.29, 1.82) is 0 Å². The number of β-lactam (4-membered cyclic amide) rings is 1. The van der Waals surface area contributed by atoms with Crippen molar-refractivity contribution >= 4 is 57.2 Å². The maximum atomic E-state index is 14.0. The summed E-state index contributed by atoms with van der Waals surface area (Å²) in [5, 5.41) is 2.36. The highest BCUT2D eigenvalue weighted by Gasteiger charge is 2.54. The third-order valence-electron chi connectivity index (χ3n) is 6.31. The van der Waals surface area contributed by atoms with Crippen LogP contribution in [0, 0.1) is 5.82 Å². The Hall–Kier alpha value is -3.28. The summed E-state index contributed by atoms with van der Waals surface area (Å²) in [5.41, 5.74) is 1.69. The molecule has 11 heteroatoms. The minimum absolute atomic E-state index is 0.00891. The fraction of sp³-hybridized carbons (Fsp3) is 0.207. The van der Waals surface area contributed by atoms with Crippen LogP contribution in [0.1, 0.15) is 11.1 Å². The number of carbonyl (C=O) groups is 3. The van der Waals surface area contributed by atoms with Crippen molar-refractivity contribution in [3.63, 3.8) is 0 Å². The molecule has 1 N–H and O–H groups in total. The number of nitrogens with one attached hydrogen (secondary N) is 1. The first-order valence-corrected chi connectivity index (χ1v) is 14.9. The van der Waals surface area contributed by atoms with Gasteiger partial charge in [0.2, 0.25) is 5.91 Å². The highest BCUT2D eigenvalue weighted by Crippen LogP contribution is 2.46. The molecule has 0 aromatic heterocycles. The van der Waals surface area contributed by atoms with Crippen molar-refractivity contribution in [3.8, 4) is 5.75 Å². The lowest BCUT2D eigenvalue weighted by Crippen LogP contribution is -2.70. The summed E-state index contributed by atoms with van der Waals surface area (Å²) in [6.45, 7) is -0.00891. The molecule has 3 aromatic rings. The van der Waals surface area contributed by atoms with Crippen LogP contribution in [0.2, 0.25) is 0 Å². The number of hydrogen-bond acceptors (Lipinski definition) is 7. The lowest BCUT2D eigenvalue weighted by Gasteiger charge is -2.49. The summed E-state index contributed by atoms with van der Waals surface area (Å²) in [4.78, 5) is 42.0. The number of benzene rings is 3. The van der Waals surface area contributed by atoms with E-state index >= 15 is 0 Å². The number of rotatable bonds is 9. The van der Waals surface area contributed by atoms with Crippen LogP contribution < -0.4 is 10.1 Å². The van der Waals surface area contributed by atoms with Gasteiger partial charge in [-0.1, -0.05) is 54.2 Å². The van der Waals surface area contributed by atoms with E-state index in [9.17, 15) is 18.8 Å². The quantitative estimate of drug-likeness (QED) is 0.251. The molecule has 2 amide bonds. The smallest absolute Gasteiger partial charge is 0.356 e. The van der Waals surface area contributed by atoms with E-state index in [2.05, 4.69) is 21.2 Å². The molecule has 0 radical (unpaired) electrons. The Morgan fingerprint density at radius 3 is 2.58 bits per heavy atom. The molecule has 206 valence electrons. The summed E-state index contributed by atoms with van der Waals surface area (Å²) in [6.07, 6.45) is 0.142. The van der Waals surface area contributed by atoms with Gasteiger partial charge in [-0.25, -0.2) is 9.18 Å². The summed E-state index contributed by atoms with van der Waals surface area (Å²) >= 11 is 6.06. The fourth-order valence-corrected chi connectivity index (χ4v) is 7.30. The van der Waals surface area contributed by atoms with Crippen LogP contribution >= 0.6 is 39.5 Å². The number of nitrogens with zero attached hydrogens (tertiary/aromatic N) is 1. The number of hydrogen-bond donors (Lipinski definition) is 1. The van der Waals surface area contributed by atoms with E-state index in [1.165, 1.54) is 40.6 Å². The van der Waals surface area contributed by atoms with Crippen LogP contribution in [-0.2, 0) is 32.1 Å². The summed E-state index contributed by atoms with van der Waals surface area (Å²) < 4.78 is 25.5. The lowest BCUT2D eigenvalue weighted by atomic mass is 10.0. The third-order valence-corrected chi connectivity index (χ3v) is 9.86. The molecule has 2 aliphatic heterocycles. The van der Waals surface area contributed by atoms with Gasteiger partial charge >= 0.3 is 5.97 Å². The first kappa shape index (κ1) is 28.3. The number of halogens is 2. The van der Waals surface area contributed by atoms with E-state index in [1.807, 2.05) is 30.3 Å². The highest BCUT2D eigenvalue weighted by molar-refractivity contribution is 9.10. The first-order chi connectivity index (χ1) is 19.3. The van der Waals surface area contributed by atoms with Crippen LogP contribution in [-0.4, -0.2) is 47.0 Å². The van der Waals surface area contributed by atoms with E-state index in [0.717, 1.165) is 11.1 Å². The second-order valence-electron chi connectivity index (χ2n) is 8.99. The normalized spacial score (nSPS) is 18.1. The molecule has 2 aliphatic rings. The van der Waals surface area contributed by atoms with E-state index < -0.39 is 29.1 Å². The van der Waals surface area contributed by atoms with Crippen LogP contribution in [0.4, 0.5) is 4.39 Å². The number of ether oxygens (including phenoxy) is 2. The lowest BCUT2D eigenvalue weighted by molar-refractivity contribution is -0.153. The third kappa shape index (κ3) is 6.21. The summed E-state index contributed by atoms with van der Waals surface area (Å²) in [7, 11) is 1.57. The van der Waals surface area contributed by atoms with E-state index in [-0.39, 0.29) is 24.6 Å². The number of carbonyl (C=O) groups excluding carboxylic acids is 3. The molecule has 1 saturated heterocycles. The highest BCUT2D eigenvalue weighted by atomic mass is 79.9. The molecular formula is C29H24BrFN2O5S2. The molecule has 5 rings (SSSR count). The molecule has 0 spiro atoms. The Bertz CT molecular complexity index is 1470. The summed E-state index contributed by atoms with van der Waals surface area (Å²) in [6, 6.07) is 19.9. The van der Waals surface area contributed by atoms with Crippen LogP contribution in [0.15, 0.2) is 92.8 Å². The maximum Gasteiger partial charge on any atom is 0.356 e. The molecular weight excluding hydrogens is 619 g/mol. The van der Waals surface area contributed by atoms with Crippen molar-refractivity contribution in [1.82, 2.24) is 10.2 Å². The molecule has 2 heterocycles. The van der Waals surface area contributed by atoms with Gasteiger partial charge in [-0.3, -0.25) is 14.5 Å². The van der Waals surface area contributed by atoms with Gasteiger partial charge in [0.1, 0.15) is 35.3 Å². The van der Waals surface area contributed by atoms with Gasteiger partial charge in [0.05, 0.1) is 13.5 Å². The predicted molar refractivity (Wildman–Crippen MR) is 155 cm³/mol. The van der Waals surface area contributed by atoms with Crippen molar-refractivity contribution in [2.75, 3.05) is 12.9 Å². The van der Waals surface area contributed by atoms with Gasteiger partial charge in [-0.05, 0) is 57.4 Å². The largest absolute Gasteiger partial charge is 0.497 e. The van der Waals surface area contributed by atoms with Crippen molar-refractivity contribution in [3.05, 3.63) is 105 Å². The zero-order valence-electron chi connectivity index (χ0n) is 21.3. The Kier molecular flexibility index (Phi) is 8.82. The number of thioether (sulfide) groups is 2. The number of methoxy groups -OCH3 is 1. The van der Waals surface area contributed by atoms with E-state index in [0.29, 0.717) is 25.8 Å². The molecule has 0 bridgehead atoms. The molecule has 0 saturated carbocycles. The Balaban J connectivity index is 1.36. The zero-order valence-corrected chi connectivity index (χ0v) is 24.5. The Morgan fingerprint density at radius 1 is 1.10 bits per heavy atom. The Labute approximate surface area is 247 Å². The molecule has 0 aliphatic carbocycles. The van der Waals surface area contributed by atoms with Gasteiger partial charge in [-0.15, -0.1) is 11.8 Å². The summed E-state index contributed by atoms with van der Waals surface area (Å²) in [5.74, 6) is -0.709. The number of amides is 2. The maximum absolute atomic E-state index is 14.0. The SMILES string of the molecule is COc1ccc(COC(=O)C2=C(Sc3cc(F)ccc3Br)CS[C@@H]3[C@H](NC(=O)Cc4ccccc4)C(=O)N23)cc1. The van der Waals surface area contributed by atoms with Gasteiger partial charge in [0.25, 0.3) is 5.91 Å². The van der Waals surface area contributed by atoms with E-state index in [4.69, 9.17) is 9.47 Å². The van der Waals surface area contributed by atoms with E-state index in [1.54, 1.807) is 37.4 Å². The van der Waals surface area contributed by atoms with Crippen molar-refractivity contribution in [2.24, 2.45) is 0 Å². The first-order valence-electron chi connectivity index (χ1n) is 12.3. The zero-order chi connectivity index (χ0) is 28.2. The van der Waals surface area contributed by atoms with Crippen LogP contribution in [0.5, 0.6) is 5.75 Å². The van der Waals surface area contributed by atoms with Crippen molar-refractivity contribution < 1.29 is 28.2 Å². The van der Waals surface area contributed by atoms with Gasteiger partial charge in [0.15, 0.2) is 0 Å². The predicted octanol–water partition coefficient (Wildman–Crippen LogP) is 5.29. The topological polar surface area (TPSA) is 84.9 Å². The van der Waals surface area contributed by atoms with Gasteiger partial charge in [0, 0.05) is 20.0 Å². The number of esters is 1. The molecule has 0 unspecified atom stereocenters. The monoisotopic (exact) mass is 642 g/mol. The standard InChI is InChI=1S/C29H24BrFN2O5S2/c1-37-20-10-7-18(8-11-20)15-38-29(36)26-23(40-22-14-19(31)9-12-21(22)30)16-39-28-25(27(35)33(26)28)32-24(34)13-17-5-3-2-4-6-17/h2-12,14,25,28H,13,15-16H2,1H3,(H,32,34)/t25-,28-/m1/s1.